The first kappa shape index (κ1) is 20.8. The van der Waals surface area contributed by atoms with Crippen LogP contribution >= 0.6 is 0 Å². The minimum Gasteiger partial charge on any atom is -0.499 e. The lowest BCUT2D eigenvalue weighted by atomic mass is 10.0. The van der Waals surface area contributed by atoms with Crippen molar-refractivity contribution < 1.29 is 9.47 Å². The van der Waals surface area contributed by atoms with E-state index in [1.54, 1.807) is 7.11 Å². The molecule has 1 aliphatic rings. The summed E-state index contributed by atoms with van der Waals surface area (Å²) in [6, 6.07) is 3.97. The van der Waals surface area contributed by atoms with Crippen LogP contribution in [0.25, 0.3) is 6.08 Å². The third-order valence-electron chi connectivity index (χ3n) is 5.23. The number of allylic oxidation sites excluding steroid dienone is 2. The molecule has 2 aromatic heterocycles. The molecule has 0 atom stereocenters. The van der Waals surface area contributed by atoms with Gasteiger partial charge < -0.3 is 19.4 Å². The van der Waals surface area contributed by atoms with Crippen LogP contribution < -0.4 is 0 Å². The van der Waals surface area contributed by atoms with Gasteiger partial charge in [-0.15, -0.1) is 0 Å². The van der Waals surface area contributed by atoms with Gasteiger partial charge in [0, 0.05) is 30.1 Å². The van der Waals surface area contributed by atoms with Gasteiger partial charge in [0.05, 0.1) is 30.9 Å². The van der Waals surface area contributed by atoms with Crippen LogP contribution in [0.2, 0.25) is 0 Å². The predicted octanol–water partition coefficient (Wildman–Crippen LogP) is 5.60. The summed E-state index contributed by atoms with van der Waals surface area (Å²) in [4.78, 5) is 11.4. The van der Waals surface area contributed by atoms with Gasteiger partial charge in [0.15, 0.2) is 0 Å². The van der Waals surface area contributed by atoms with Gasteiger partial charge in [-0.3, -0.25) is 0 Å². The number of aromatic nitrogens is 2. The minimum atomic E-state index is 0.755. The molecule has 0 aliphatic carbocycles. The number of hydrogen-bond donors (Lipinski definition) is 2. The van der Waals surface area contributed by atoms with Gasteiger partial charge in [-0.2, -0.15) is 0 Å². The van der Waals surface area contributed by atoms with Crippen LogP contribution in [-0.2, 0) is 15.9 Å². The van der Waals surface area contributed by atoms with Crippen LogP contribution in [0.3, 0.4) is 0 Å². The molecule has 0 saturated heterocycles. The maximum Gasteiger partial charge on any atom is 0.146 e. The van der Waals surface area contributed by atoms with Crippen molar-refractivity contribution in [1.82, 2.24) is 9.97 Å². The normalized spacial score (nSPS) is 14.8. The second-order valence-electron chi connectivity index (χ2n) is 7.33. The number of aliphatic imine (C=N–C) groups is 1. The van der Waals surface area contributed by atoms with Crippen LogP contribution in [0, 0.1) is 13.8 Å². The highest BCUT2D eigenvalue weighted by atomic mass is 16.5. The zero-order valence-electron chi connectivity index (χ0n) is 17.9. The van der Waals surface area contributed by atoms with Crippen molar-refractivity contribution in [3.05, 3.63) is 76.4 Å². The SMILES string of the molecule is C=C(CCc1c(C)[nH]c(C=C2N=C(c3ccc[nH]3)C=C2OC)c1C)OCCCC. The standard InChI is InChI=1S/C24H31N3O2/c1-6-7-13-29-16(2)10-11-19-17(3)21(26-18(19)4)14-23-24(28-5)15-22(27-23)20-9-8-12-25-20/h8-9,12,14-15,25-26H,2,6-7,10-11,13H2,1,3-5H3. The van der Waals surface area contributed by atoms with Crippen molar-refractivity contribution in [3.8, 4) is 0 Å². The Bertz CT molecular complexity index is 943. The van der Waals surface area contributed by atoms with Crippen molar-refractivity contribution in [3.63, 3.8) is 0 Å². The number of methoxy groups -OCH3 is 1. The number of nitrogens with one attached hydrogen (secondary N) is 2. The molecule has 0 fully saturated rings. The Morgan fingerprint density at radius 1 is 1.31 bits per heavy atom. The first-order valence-electron chi connectivity index (χ1n) is 10.2. The summed E-state index contributed by atoms with van der Waals surface area (Å²) in [7, 11) is 1.68. The van der Waals surface area contributed by atoms with E-state index >= 15 is 0 Å². The van der Waals surface area contributed by atoms with Crippen molar-refractivity contribution in [2.24, 2.45) is 4.99 Å². The van der Waals surface area contributed by atoms with E-state index in [-0.39, 0.29) is 0 Å². The number of aryl methyl sites for hydroxylation is 1. The van der Waals surface area contributed by atoms with Gasteiger partial charge in [-0.1, -0.05) is 19.9 Å². The third kappa shape index (κ3) is 4.91. The van der Waals surface area contributed by atoms with Gasteiger partial charge in [0.25, 0.3) is 0 Å². The topological polar surface area (TPSA) is 62.4 Å². The Morgan fingerprint density at radius 2 is 2.14 bits per heavy atom. The highest BCUT2D eigenvalue weighted by molar-refractivity contribution is 6.11. The molecule has 0 radical (unpaired) electrons. The average molecular weight is 394 g/mol. The number of hydrogen-bond acceptors (Lipinski definition) is 3. The molecule has 1 aliphatic heterocycles. The van der Waals surface area contributed by atoms with Gasteiger partial charge in [0.2, 0.25) is 0 Å². The number of H-pyrrole nitrogens is 2. The molecule has 5 heteroatoms. The molecule has 2 N–H and O–H groups in total. The van der Waals surface area contributed by atoms with Crippen molar-refractivity contribution in [2.75, 3.05) is 13.7 Å². The molecule has 0 amide bonds. The maximum absolute atomic E-state index is 5.71. The summed E-state index contributed by atoms with van der Waals surface area (Å²) in [5, 5.41) is 0. The predicted molar refractivity (Wildman–Crippen MR) is 119 cm³/mol. The molecule has 2 aromatic rings. The molecule has 29 heavy (non-hydrogen) atoms. The van der Waals surface area contributed by atoms with E-state index in [2.05, 4.69) is 43.4 Å². The van der Waals surface area contributed by atoms with E-state index in [9.17, 15) is 0 Å². The Kier molecular flexibility index (Phi) is 6.81. The molecule has 0 aromatic carbocycles. The van der Waals surface area contributed by atoms with E-state index in [0.717, 1.165) is 66.6 Å². The molecular formula is C24H31N3O2. The number of unbranched alkanes of at least 4 members (excludes halogenated alkanes) is 1. The zero-order chi connectivity index (χ0) is 20.8. The van der Waals surface area contributed by atoms with Gasteiger partial charge in [-0.25, -0.2) is 4.99 Å². The number of ether oxygens (including phenoxy) is 2. The lowest BCUT2D eigenvalue weighted by Crippen LogP contribution is -1.97. The lowest BCUT2D eigenvalue weighted by Gasteiger charge is -2.09. The fraction of sp³-hybridized carbons (Fsp3) is 0.375. The summed E-state index contributed by atoms with van der Waals surface area (Å²) in [6.07, 6.45) is 9.85. The molecule has 5 nitrogen and oxygen atoms in total. The fourth-order valence-electron chi connectivity index (χ4n) is 3.48. The zero-order valence-corrected chi connectivity index (χ0v) is 17.9. The number of aromatic amines is 2. The average Bonchev–Trinajstić information content (AvgIpc) is 3.42. The molecular weight excluding hydrogens is 362 g/mol. The van der Waals surface area contributed by atoms with Crippen LogP contribution in [0.15, 0.2) is 53.2 Å². The van der Waals surface area contributed by atoms with Crippen LogP contribution in [-0.4, -0.2) is 29.4 Å². The van der Waals surface area contributed by atoms with E-state index < -0.39 is 0 Å². The minimum absolute atomic E-state index is 0.755. The van der Waals surface area contributed by atoms with Crippen LogP contribution in [0.1, 0.15) is 54.4 Å². The monoisotopic (exact) mass is 393 g/mol. The molecule has 0 saturated carbocycles. The quantitative estimate of drug-likeness (QED) is 0.408. The van der Waals surface area contributed by atoms with Gasteiger partial charge in [0.1, 0.15) is 11.5 Å². The summed E-state index contributed by atoms with van der Waals surface area (Å²) in [5.41, 5.74) is 7.45. The number of rotatable bonds is 10. The Balaban J connectivity index is 1.76. The Hall–Kier alpha value is -2.95. The van der Waals surface area contributed by atoms with E-state index in [0.29, 0.717) is 0 Å². The van der Waals surface area contributed by atoms with Crippen LogP contribution in [0.5, 0.6) is 0 Å². The molecule has 0 bridgehead atoms. The van der Waals surface area contributed by atoms with Gasteiger partial charge >= 0.3 is 0 Å². The van der Waals surface area contributed by atoms with E-state index in [4.69, 9.17) is 14.5 Å². The summed E-state index contributed by atoms with van der Waals surface area (Å²) in [5.74, 6) is 1.62. The highest BCUT2D eigenvalue weighted by Gasteiger charge is 2.18. The second-order valence-corrected chi connectivity index (χ2v) is 7.33. The highest BCUT2D eigenvalue weighted by Crippen LogP contribution is 2.28. The van der Waals surface area contributed by atoms with E-state index in [1.165, 1.54) is 16.8 Å². The summed E-state index contributed by atoms with van der Waals surface area (Å²) in [6.45, 7) is 11.2. The molecule has 0 unspecified atom stereocenters. The molecule has 3 rings (SSSR count). The Morgan fingerprint density at radius 3 is 2.83 bits per heavy atom. The lowest BCUT2D eigenvalue weighted by molar-refractivity contribution is 0.199. The first-order chi connectivity index (χ1) is 14.0. The summed E-state index contributed by atoms with van der Waals surface area (Å²) < 4.78 is 11.3. The summed E-state index contributed by atoms with van der Waals surface area (Å²) >= 11 is 0. The van der Waals surface area contributed by atoms with Gasteiger partial charge in [-0.05, 0) is 56.0 Å². The maximum atomic E-state index is 5.71. The fourth-order valence-corrected chi connectivity index (χ4v) is 3.48. The Labute approximate surface area is 173 Å². The number of nitrogens with zero attached hydrogens (tertiary/aromatic N) is 1. The first-order valence-corrected chi connectivity index (χ1v) is 10.2. The molecule has 0 spiro atoms. The third-order valence-corrected chi connectivity index (χ3v) is 5.23. The van der Waals surface area contributed by atoms with E-state index in [1.807, 2.05) is 24.4 Å². The van der Waals surface area contributed by atoms with Crippen molar-refractivity contribution >= 4 is 11.8 Å². The molecule has 3 heterocycles. The van der Waals surface area contributed by atoms with Crippen molar-refractivity contribution in [2.45, 2.75) is 46.5 Å². The van der Waals surface area contributed by atoms with Crippen molar-refractivity contribution in [1.29, 1.82) is 0 Å². The van der Waals surface area contributed by atoms with Crippen LogP contribution in [0.4, 0.5) is 0 Å². The smallest absolute Gasteiger partial charge is 0.146 e. The molecule has 154 valence electrons. The second kappa shape index (κ2) is 9.50. The largest absolute Gasteiger partial charge is 0.499 e.